The molecule has 9 nitrogen and oxygen atoms in total. The van der Waals surface area contributed by atoms with Crippen molar-refractivity contribution in [1.29, 1.82) is 0 Å². The number of aromatic nitrogens is 4. The van der Waals surface area contributed by atoms with E-state index in [4.69, 9.17) is 14.7 Å². The maximum Gasteiger partial charge on any atom is 0.245 e. The van der Waals surface area contributed by atoms with Crippen LogP contribution in [0.3, 0.4) is 0 Å². The Kier molecular flexibility index (Phi) is 5.99. The third kappa shape index (κ3) is 4.30. The molecule has 0 saturated carbocycles. The second kappa shape index (κ2) is 9.05. The van der Waals surface area contributed by atoms with E-state index < -0.39 is 0 Å². The molecule has 2 N–H and O–H groups in total. The van der Waals surface area contributed by atoms with Crippen molar-refractivity contribution < 1.29 is 9.53 Å². The predicted octanol–water partition coefficient (Wildman–Crippen LogP) is 2.46. The van der Waals surface area contributed by atoms with E-state index in [0.29, 0.717) is 44.1 Å². The van der Waals surface area contributed by atoms with Crippen LogP contribution in [0.4, 0.5) is 17.7 Å². The van der Waals surface area contributed by atoms with E-state index in [-0.39, 0.29) is 11.9 Å². The molecule has 2 aromatic rings. The van der Waals surface area contributed by atoms with Gasteiger partial charge in [0.25, 0.3) is 0 Å². The molecule has 1 aliphatic carbocycles. The summed E-state index contributed by atoms with van der Waals surface area (Å²) in [7, 11) is 0. The van der Waals surface area contributed by atoms with E-state index in [1.54, 1.807) is 0 Å². The number of ether oxygens (including phenoxy) is 1. The molecule has 3 aliphatic rings. The smallest absolute Gasteiger partial charge is 0.245 e. The van der Waals surface area contributed by atoms with Crippen molar-refractivity contribution in [2.45, 2.75) is 58.4 Å². The molecule has 9 heteroatoms. The molecule has 0 unspecified atom stereocenters. The Bertz CT molecular complexity index is 967. The highest BCUT2D eigenvalue weighted by atomic mass is 16.5. The third-order valence-electron chi connectivity index (χ3n) is 6.53. The largest absolute Gasteiger partial charge is 0.378 e. The normalized spacial score (nSPS) is 20.8. The first-order valence-electron chi connectivity index (χ1n) is 11.9. The highest BCUT2D eigenvalue weighted by Gasteiger charge is 2.36. The second-order valence-electron chi connectivity index (χ2n) is 9.42. The number of hydrogen-bond acceptors (Lipinski definition) is 7. The van der Waals surface area contributed by atoms with Crippen molar-refractivity contribution in [3.63, 3.8) is 0 Å². The van der Waals surface area contributed by atoms with E-state index in [2.05, 4.69) is 34.0 Å². The number of amides is 1. The molecule has 5 rings (SSSR count). The molecule has 0 radical (unpaired) electrons. The summed E-state index contributed by atoms with van der Waals surface area (Å²) in [5.74, 6) is 2.92. The van der Waals surface area contributed by atoms with Gasteiger partial charge in [-0.1, -0.05) is 13.8 Å². The van der Waals surface area contributed by atoms with Crippen LogP contribution in [-0.2, 0) is 28.8 Å². The molecule has 2 saturated heterocycles. The van der Waals surface area contributed by atoms with Gasteiger partial charge in [0.15, 0.2) is 0 Å². The number of nitrogens with zero attached hydrogens (tertiary/aromatic N) is 5. The Morgan fingerprint density at radius 2 is 2.06 bits per heavy atom. The SMILES string of the molecule is CC(C)Cc1cnc(Nc2nc(N3CCC[C@@H]3C(=O)N3CCOCC3)nc3c2CCC3)[nH]1. The lowest BCUT2D eigenvalue weighted by Crippen LogP contribution is -2.50. The molecule has 0 spiro atoms. The molecule has 2 fully saturated rings. The summed E-state index contributed by atoms with van der Waals surface area (Å²) < 4.78 is 5.42. The molecule has 172 valence electrons. The van der Waals surface area contributed by atoms with Crippen LogP contribution in [0.5, 0.6) is 0 Å². The molecule has 1 amide bonds. The van der Waals surface area contributed by atoms with E-state index in [0.717, 1.165) is 62.3 Å². The van der Waals surface area contributed by atoms with Crippen molar-refractivity contribution in [3.05, 3.63) is 23.1 Å². The minimum atomic E-state index is -0.193. The average molecular weight is 440 g/mol. The number of carbonyl (C=O) groups is 1. The summed E-state index contributed by atoms with van der Waals surface area (Å²) in [6.07, 6.45) is 7.66. The number of carbonyl (C=O) groups excluding carboxylic acids is 1. The van der Waals surface area contributed by atoms with Gasteiger partial charge in [-0.05, 0) is 44.4 Å². The summed E-state index contributed by atoms with van der Waals surface area (Å²) >= 11 is 0. The number of imidazole rings is 1. The first-order chi connectivity index (χ1) is 15.6. The van der Waals surface area contributed by atoms with Crippen LogP contribution in [0.15, 0.2) is 6.20 Å². The van der Waals surface area contributed by atoms with Gasteiger partial charge in [0.2, 0.25) is 17.8 Å². The fourth-order valence-corrected chi connectivity index (χ4v) is 4.99. The minimum Gasteiger partial charge on any atom is -0.378 e. The number of nitrogens with one attached hydrogen (secondary N) is 2. The quantitative estimate of drug-likeness (QED) is 0.713. The van der Waals surface area contributed by atoms with Crippen molar-refractivity contribution >= 4 is 23.6 Å². The summed E-state index contributed by atoms with van der Waals surface area (Å²) in [5.41, 5.74) is 3.38. The van der Waals surface area contributed by atoms with Gasteiger partial charge in [0, 0.05) is 30.9 Å². The summed E-state index contributed by atoms with van der Waals surface area (Å²) in [4.78, 5) is 35.0. The molecule has 32 heavy (non-hydrogen) atoms. The van der Waals surface area contributed by atoms with Gasteiger partial charge in [-0.2, -0.15) is 4.98 Å². The topological polar surface area (TPSA) is 99.3 Å². The Morgan fingerprint density at radius 3 is 2.88 bits per heavy atom. The summed E-state index contributed by atoms with van der Waals surface area (Å²) in [6.45, 7) is 7.76. The number of H-pyrrole nitrogens is 1. The molecule has 0 bridgehead atoms. The number of hydrogen-bond donors (Lipinski definition) is 2. The van der Waals surface area contributed by atoms with Crippen LogP contribution in [0.2, 0.25) is 0 Å². The fourth-order valence-electron chi connectivity index (χ4n) is 4.99. The van der Waals surface area contributed by atoms with E-state index in [9.17, 15) is 4.79 Å². The maximum atomic E-state index is 13.2. The number of rotatable bonds is 6. The van der Waals surface area contributed by atoms with Gasteiger partial charge < -0.3 is 24.8 Å². The Hall–Kier alpha value is -2.68. The zero-order chi connectivity index (χ0) is 22.1. The third-order valence-corrected chi connectivity index (χ3v) is 6.53. The van der Waals surface area contributed by atoms with Gasteiger partial charge >= 0.3 is 0 Å². The van der Waals surface area contributed by atoms with Gasteiger partial charge in [-0.15, -0.1) is 0 Å². The Balaban J connectivity index is 1.39. The van der Waals surface area contributed by atoms with Gasteiger partial charge in [-0.3, -0.25) is 4.79 Å². The van der Waals surface area contributed by atoms with Crippen molar-refractivity contribution in [3.8, 4) is 0 Å². The molecular weight excluding hydrogens is 406 g/mol. The molecule has 2 aromatic heterocycles. The first kappa shape index (κ1) is 21.2. The lowest BCUT2D eigenvalue weighted by Gasteiger charge is -2.32. The Morgan fingerprint density at radius 1 is 1.22 bits per heavy atom. The van der Waals surface area contributed by atoms with Crippen LogP contribution in [-0.4, -0.2) is 69.6 Å². The monoisotopic (exact) mass is 439 g/mol. The predicted molar refractivity (Wildman–Crippen MR) is 122 cm³/mol. The van der Waals surface area contributed by atoms with Crippen molar-refractivity contribution in [2.24, 2.45) is 5.92 Å². The lowest BCUT2D eigenvalue weighted by atomic mass is 10.1. The van der Waals surface area contributed by atoms with Crippen LogP contribution in [0, 0.1) is 5.92 Å². The minimum absolute atomic E-state index is 0.175. The van der Waals surface area contributed by atoms with Gasteiger partial charge in [-0.25, -0.2) is 9.97 Å². The number of anilines is 3. The molecule has 4 heterocycles. The number of morpholine rings is 1. The van der Waals surface area contributed by atoms with Gasteiger partial charge in [0.05, 0.1) is 25.1 Å². The first-order valence-corrected chi connectivity index (χ1v) is 11.9. The fraction of sp³-hybridized carbons (Fsp3) is 0.652. The van der Waals surface area contributed by atoms with Crippen LogP contribution < -0.4 is 10.2 Å². The Labute approximate surface area is 189 Å². The number of fused-ring (bicyclic) bond motifs is 1. The zero-order valence-corrected chi connectivity index (χ0v) is 19.1. The highest BCUT2D eigenvalue weighted by molar-refractivity contribution is 5.85. The van der Waals surface area contributed by atoms with E-state index in [1.807, 2.05) is 11.1 Å². The molecule has 0 aromatic carbocycles. The maximum absolute atomic E-state index is 13.2. The van der Waals surface area contributed by atoms with Crippen LogP contribution in [0.1, 0.15) is 50.1 Å². The van der Waals surface area contributed by atoms with Crippen molar-refractivity contribution in [2.75, 3.05) is 43.1 Å². The van der Waals surface area contributed by atoms with Crippen LogP contribution in [0.25, 0.3) is 0 Å². The standard InChI is InChI=1S/C23H33N7O2/c1-15(2)13-16-14-24-22(25-16)27-20-17-5-3-6-18(17)26-23(28-20)30-8-4-7-19(30)21(31)29-9-11-32-12-10-29/h14-15,19H,3-13H2,1-2H3,(H2,24,25,26,27,28)/t19-/m1/s1. The van der Waals surface area contributed by atoms with Crippen LogP contribution >= 0.6 is 0 Å². The molecule has 1 atom stereocenters. The summed E-state index contributed by atoms with van der Waals surface area (Å²) in [6, 6.07) is -0.193. The highest BCUT2D eigenvalue weighted by Crippen LogP contribution is 2.32. The molecule has 2 aliphatic heterocycles. The second-order valence-corrected chi connectivity index (χ2v) is 9.42. The van der Waals surface area contributed by atoms with E-state index in [1.165, 1.54) is 5.56 Å². The zero-order valence-electron chi connectivity index (χ0n) is 19.1. The average Bonchev–Trinajstić information content (AvgIpc) is 3.54. The molecular formula is C23H33N7O2. The van der Waals surface area contributed by atoms with Crippen molar-refractivity contribution in [1.82, 2.24) is 24.8 Å². The number of aryl methyl sites for hydroxylation is 1. The lowest BCUT2D eigenvalue weighted by molar-refractivity contribution is -0.136. The summed E-state index contributed by atoms with van der Waals surface area (Å²) in [5, 5.41) is 3.41. The van der Waals surface area contributed by atoms with E-state index >= 15 is 0 Å². The number of aromatic amines is 1. The van der Waals surface area contributed by atoms with Gasteiger partial charge in [0.1, 0.15) is 11.9 Å².